The lowest BCUT2D eigenvalue weighted by atomic mass is 10.1. The predicted octanol–water partition coefficient (Wildman–Crippen LogP) is 2.09. The highest BCUT2D eigenvalue weighted by Gasteiger charge is 2.13. The summed E-state index contributed by atoms with van der Waals surface area (Å²) >= 11 is 0. The second-order valence-corrected chi connectivity index (χ2v) is 4.94. The summed E-state index contributed by atoms with van der Waals surface area (Å²) in [6.45, 7) is 1.78. The third-order valence-electron chi connectivity index (χ3n) is 3.34. The van der Waals surface area contributed by atoms with Crippen molar-refractivity contribution in [1.29, 1.82) is 0 Å². The smallest absolute Gasteiger partial charge is 0.303 e. The van der Waals surface area contributed by atoms with E-state index in [9.17, 15) is 9.59 Å². The minimum Gasteiger partial charge on any atom is -0.481 e. The van der Waals surface area contributed by atoms with Crippen molar-refractivity contribution in [2.75, 3.05) is 6.54 Å². The highest BCUT2D eigenvalue weighted by molar-refractivity contribution is 5.94. The van der Waals surface area contributed by atoms with Crippen molar-refractivity contribution in [3.05, 3.63) is 34.9 Å². The number of hydrogen-bond acceptors (Lipinski definition) is 3. The van der Waals surface area contributed by atoms with Crippen molar-refractivity contribution >= 4 is 11.9 Å². The minimum atomic E-state index is -0.769. The summed E-state index contributed by atoms with van der Waals surface area (Å²) in [5, 5.41) is 11.4. The number of ether oxygens (including phenoxy) is 1. The Balaban J connectivity index is 1.71. The van der Waals surface area contributed by atoms with Crippen LogP contribution in [-0.4, -0.2) is 23.5 Å². The van der Waals surface area contributed by atoms with Crippen LogP contribution in [0.1, 0.15) is 47.2 Å². The lowest BCUT2D eigenvalue weighted by molar-refractivity contribution is -0.137. The van der Waals surface area contributed by atoms with Crippen molar-refractivity contribution < 1.29 is 19.4 Å². The van der Waals surface area contributed by atoms with E-state index < -0.39 is 5.97 Å². The number of carboxylic acid groups (broad SMARTS) is 1. The second-order valence-electron chi connectivity index (χ2n) is 4.94. The Labute approximate surface area is 117 Å². The highest BCUT2D eigenvalue weighted by atomic mass is 16.5. The predicted molar refractivity (Wildman–Crippen MR) is 73.4 cm³/mol. The van der Waals surface area contributed by atoms with Gasteiger partial charge in [-0.3, -0.25) is 9.59 Å². The summed E-state index contributed by atoms with van der Waals surface area (Å²) in [5.41, 5.74) is 2.88. The van der Waals surface area contributed by atoms with E-state index in [1.807, 2.05) is 18.2 Å². The van der Waals surface area contributed by atoms with Gasteiger partial charge in [0.2, 0.25) is 0 Å². The normalized spacial score (nSPS) is 13.0. The fourth-order valence-electron chi connectivity index (χ4n) is 2.20. The van der Waals surface area contributed by atoms with Crippen LogP contribution in [0.2, 0.25) is 0 Å². The fraction of sp³-hybridized carbons (Fsp3) is 0.467. The molecule has 2 N–H and O–H groups in total. The summed E-state index contributed by atoms with van der Waals surface area (Å²) < 4.78 is 5.31. The monoisotopic (exact) mass is 277 g/mol. The van der Waals surface area contributed by atoms with Crippen LogP contribution in [0.4, 0.5) is 0 Å². The van der Waals surface area contributed by atoms with Crippen LogP contribution in [0, 0.1) is 0 Å². The molecule has 0 fully saturated rings. The van der Waals surface area contributed by atoms with E-state index >= 15 is 0 Å². The number of hydrogen-bond donors (Lipinski definition) is 2. The summed E-state index contributed by atoms with van der Waals surface area (Å²) in [7, 11) is 0. The number of carbonyl (C=O) groups is 2. The molecule has 0 saturated heterocycles. The molecule has 108 valence electrons. The van der Waals surface area contributed by atoms with Crippen molar-refractivity contribution in [2.45, 2.75) is 38.9 Å². The zero-order chi connectivity index (χ0) is 14.4. The molecular formula is C15H19NO4. The molecular weight excluding hydrogens is 258 g/mol. The standard InChI is InChI=1S/C15H19NO4/c17-14(18)4-2-1-3-7-16-15(19)11-5-6-12-9-20-10-13(12)8-11/h5-6,8H,1-4,7,9-10H2,(H,16,19)(H,17,18). The number of amides is 1. The van der Waals surface area contributed by atoms with Gasteiger partial charge in [0, 0.05) is 18.5 Å². The van der Waals surface area contributed by atoms with Gasteiger partial charge in [0.05, 0.1) is 13.2 Å². The molecule has 1 heterocycles. The second kappa shape index (κ2) is 7.05. The van der Waals surface area contributed by atoms with Gasteiger partial charge in [-0.1, -0.05) is 12.5 Å². The first-order valence-electron chi connectivity index (χ1n) is 6.86. The van der Waals surface area contributed by atoms with Gasteiger partial charge in [-0.25, -0.2) is 0 Å². The minimum absolute atomic E-state index is 0.0852. The maximum Gasteiger partial charge on any atom is 0.303 e. The Morgan fingerprint density at radius 1 is 1.15 bits per heavy atom. The molecule has 1 aliphatic heterocycles. The molecule has 1 amide bonds. The first-order valence-corrected chi connectivity index (χ1v) is 6.86. The SMILES string of the molecule is O=C(O)CCCCCNC(=O)c1ccc2c(c1)COC2. The third-order valence-corrected chi connectivity index (χ3v) is 3.34. The largest absolute Gasteiger partial charge is 0.481 e. The van der Waals surface area contributed by atoms with E-state index in [0.29, 0.717) is 31.7 Å². The van der Waals surface area contributed by atoms with Crippen LogP contribution in [-0.2, 0) is 22.7 Å². The molecule has 5 heteroatoms. The van der Waals surface area contributed by atoms with E-state index in [2.05, 4.69) is 5.32 Å². The number of carboxylic acids is 1. The number of carbonyl (C=O) groups excluding carboxylic acids is 1. The molecule has 0 radical (unpaired) electrons. The molecule has 0 spiro atoms. The van der Waals surface area contributed by atoms with E-state index in [-0.39, 0.29) is 12.3 Å². The number of rotatable bonds is 7. The van der Waals surface area contributed by atoms with Crippen LogP contribution < -0.4 is 5.32 Å². The summed E-state index contributed by atoms with van der Waals surface area (Å²) in [4.78, 5) is 22.3. The van der Waals surface area contributed by atoms with Gasteiger partial charge in [-0.05, 0) is 36.1 Å². The van der Waals surface area contributed by atoms with E-state index in [1.165, 1.54) is 0 Å². The average molecular weight is 277 g/mol. The summed E-state index contributed by atoms with van der Waals surface area (Å²) in [5.74, 6) is -0.854. The van der Waals surface area contributed by atoms with Gasteiger partial charge in [0.1, 0.15) is 0 Å². The van der Waals surface area contributed by atoms with Crippen molar-refractivity contribution in [1.82, 2.24) is 5.32 Å². The maximum absolute atomic E-state index is 11.9. The Hall–Kier alpha value is -1.88. The zero-order valence-corrected chi connectivity index (χ0v) is 11.4. The lowest BCUT2D eigenvalue weighted by Crippen LogP contribution is -2.24. The van der Waals surface area contributed by atoms with Crippen molar-refractivity contribution in [3.63, 3.8) is 0 Å². The number of unbranched alkanes of at least 4 members (excludes halogenated alkanes) is 2. The van der Waals surface area contributed by atoms with Crippen molar-refractivity contribution in [2.24, 2.45) is 0 Å². The molecule has 0 atom stereocenters. The number of aliphatic carboxylic acids is 1. The van der Waals surface area contributed by atoms with E-state index in [1.54, 1.807) is 0 Å². The Bertz CT molecular complexity index is 499. The zero-order valence-electron chi connectivity index (χ0n) is 11.4. The molecule has 0 aliphatic carbocycles. The summed E-state index contributed by atoms with van der Waals surface area (Å²) in [6, 6.07) is 5.62. The fourth-order valence-corrected chi connectivity index (χ4v) is 2.20. The molecule has 1 aromatic carbocycles. The molecule has 0 saturated carbocycles. The van der Waals surface area contributed by atoms with Crippen LogP contribution in [0.5, 0.6) is 0 Å². The van der Waals surface area contributed by atoms with Crippen molar-refractivity contribution in [3.8, 4) is 0 Å². The van der Waals surface area contributed by atoms with Gasteiger partial charge in [0.15, 0.2) is 0 Å². The van der Waals surface area contributed by atoms with Gasteiger partial charge in [0.25, 0.3) is 5.91 Å². The highest BCUT2D eigenvalue weighted by Crippen LogP contribution is 2.20. The molecule has 1 aliphatic rings. The lowest BCUT2D eigenvalue weighted by Gasteiger charge is -2.06. The average Bonchev–Trinajstić information content (AvgIpc) is 2.89. The third kappa shape index (κ3) is 4.06. The van der Waals surface area contributed by atoms with E-state index in [0.717, 1.165) is 24.0 Å². The molecule has 0 unspecified atom stereocenters. The quantitative estimate of drug-likeness (QED) is 0.748. The number of benzene rings is 1. The van der Waals surface area contributed by atoms with Crippen LogP contribution in [0.25, 0.3) is 0 Å². The Morgan fingerprint density at radius 3 is 2.75 bits per heavy atom. The summed E-state index contributed by atoms with van der Waals surface area (Å²) in [6.07, 6.45) is 2.46. The van der Waals surface area contributed by atoms with Crippen LogP contribution in [0.3, 0.4) is 0 Å². The topological polar surface area (TPSA) is 75.6 Å². The molecule has 0 bridgehead atoms. The molecule has 1 aromatic rings. The van der Waals surface area contributed by atoms with Gasteiger partial charge >= 0.3 is 5.97 Å². The molecule has 2 rings (SSSR count). The Morgan fingerprint density at radius 2 is 1.95 bits per heavy atom. The first-order chi connectivity index (χ1) is 9.66. The first kappa shape index (κ1) is 14.5. The molecule has 5 nitrogen and oxygen atoms in total. The van der Waals surface area contributed by atoms with Gasteiger partial charge < -0.3 is 15.2 Å². The van der Waals surface area contributed by atoms with Gasteiger partial charge in [-0.15, -0.1) is 0 Å². The van der Waals surface area contributed by atoms with E-state index in [4.69, 9.17) is 9.84 Å². The van der Waals surface area contributed by atoms with Crippen LogP contribution >= 0.6 is 0 Å². The molecule has 20 heavy (non-hydrogen) atoms. The number of nitrogens with one attached hydrogen (secondary N) is 1. The van der Waals surface area contributed by atoms with Gasteiger partial charge in [-0.2, -0.15) is 0 Å². The number of fused-ring (bicyclic) bond motifs is 1. The maximum atomic E-state index is 11.9. The Kier molecular flexibility index (Phi) is 5.12. The van der Waals surface area contributed by atoms with Crippen LogP contribution in [0.15, 0.2) is 18.2 Å². The molecule has 0 aromatic heterocycles.